The second kappa shape index (κ2) is 7.52. The van der Waals surface area contributed by atoms with Gasteiger partial charge in [0.25, 0.3) is 0 Å². The monoisotopic (exact) mass is 317 g/mol. The lowest BCUT2D eigenvalue weighted by Gasteiger charge is -2.14. The molecule has 1 fully saturated rings. The second-order valence-corrected chi connectivity index (χ2v) is 6.03. The Morgan fingerprint density at radius 1 is 1.48 bits per heavy atom. The predicted molar refractivity (Wildman–Crippen MR) is 85.9 cm³/mol. The van der Waals surface area contributed by atoms with Crippen molar-refractivity contribution in [1.29, 1.82) is 0 Å². The number of likely N-dealkylation sites (tertiary alicyclic amines) is 1. The number of aryl methyl sites for hydroxylation is 1. The molecule has 0 spiro atoms. The number of pyridine rings is 1. The number of hydrogen-bond donors (Lipinski definition) is 1. The fourth-order valence-electron chi connectivity index (χ4n) is 2.84. The van der Waals surface area contributed by atoms with Crippen LogP contribution in [-0.2, 0) is 17.9 Å². The summed E-state index contributed by atoms with van der Waals surface area (Å²) in [5.74, 6) is 2.82. The lowest BCUT2D eigenvalue weighted by Crippen LogP contribution is -2.23. The minimum atomic E-state index is 0.388. The average Bonchev–Trinajstić information content (AvgIpc) is 3.16. The molecule has 2 aromatic rings. The number of hydrogen-bond acceptors (Lipinski definition) is 7. The van der Waals surface area contributed by atoms with E-state index < -0.39 is 0 Å². The Hall–Kier alpha value is -1.99. The quantitative estimate of drug-likeness (QED) is 0.835. The Kier molecular flexibility index (Phi) is 5.19. The largest absolute Gasteiger partial charge is 0.377 e. The molecule has 7 nitrogen and oxygen atoms in total. The van der Waals surface area contributed by atoms with Crippen LogP contribution in [0.1, 0.15) is 23.7 Å². The molecule has 1 N–H and O–H groups in total. The highest BCUT2D eigenvalue weighted by atomic mass is 16.5. The maximum atomic E-state index is 5.25. The molecule has 0 bridgehead atoms. The lowest BCUT2D eigenvalue weighted by molar-refractivity contribution is 0.174. The highest BCUT2D eigenvalue weighted by molar-refractivity contribution is 5.36. The molecule has 124 valence electrons. The van der Waals surface area contributed by atoms with Gasteiger partial charge in [0.15, 0.2) is 5.82 Å². The Labute approximate surface area is 136 Å². The maximum Gasteiger partial charge on any atom is 0.240 e. The highest BCUT2D eigenvalue weighted by Crippen LogP contribution is 2.19. The van der Waals surface area contributed by atoms with Gasteiger partial charge < -0.3 is 14.6 Å². The summed E-state index contributed by atoms with van der Waals surface area (Å²) in [5.41, 5.74) is 1.22. The summed E-state index contributed by atoms with van der Waals surface area (Å²) in [5, 5.41) is 7.32. The first-order valence-electron chi connectivity index (χ1n) is 7.92. The molecule has 0 aromatic carbocycles. The third-order valence-electron chi connectivity index (χ3n) is 4.00. The van der Waals surface area contributed by atoms with E-state index in [-0.39, 0.29) is 0 Å². The number of nitrogens with zero attached hydrogens (tertiary/aromatic N) is 4. The van der Waals surface area contributed by atoms with Crippen LogP contribution in [0.2, 0.25) is 0 Å². The Morgan fingerprint density at radius 3 is 3.22 bits per heavy atom. The van der Waals surface area contributed by atoms with Crippen molar-refractivity contribution in [2.75, 3.05) is 32.1 Å². The Morgan fingerprint density at radius 2 is 2.39 bits per heavy atom. The summed E-state index contributed by atoms with van der Waals surface area (Å²) < 4.78 is 10.2. The van der Waals surface area contributed by atoms with Crippen LogP contribution in [0.5, 0.6) is 0 Å². The Balaban J connectivity index is 1.44. The van der Waals surface area contributed by atoms with Crippen LogP contribution in [0, 0.1) is 12.8 Å². The van der Waals surface area contributed by atoms with Crippen LogP contribution in [-0.4, -0.2) is 46.8 Å². The van der Waals surface area contributed by atoms with Gasteiger partial charge in [-0.05, 0) is 43.5 Å². The summed E-state index contributed by atoms with van der Waals surface area (Å²) in [7, 11) is 1.62. The lowest BCUT2D eigenvalue weighted by atomic mass is 10.1. The van der Waals surface area contributed by atoms with Crippen LogP contribution < -0.4 is 5.32 Å². The third-order valence-corrected chi connectivity index (χ3v) is 4.00. The van der Waals surface area contributed by atoms with Crippen molar-refractivity contribution in [2.24, 2.45) is 5.92 Å². The molecule has 1 aliphatic heterocycles. The van der Waals surface area contributed by atoms with Gasteiger partial charge in [-0.25, -0.2) is 4.98 Å². The number of aromatic nitrogens is 3. The maximum absolute atomic E-state index is 5.25. The predicted octanol–water partition coefficient (Wildman–Crippen LogP) is 1.85. The number of ether oxygens (including phenoxy) is 1. The first kappa shape index (κ1) is 15.9. The molecule has 1 unspecified atom stereocenters. The molecule has 3 rings (SSSR count). The van der Waals surface area contributed by atoms with E-state index in [9.17, 15) is 0 Å². The van der Waals surface area contributed by atoms with Crippen molar-refractivity contribution in [2.45, 2.75) is 26.5 Å². The minimum absolute atomic E-state index is 0.388. The zero-order valence-electron chi connectivity index (χ0n) is 13.7. The number of rotatable bonds is 7. The number of methoxy groups -OCH3 is 1. The van der Waals surface area contributed by atoms with E-state index in [0.29, 0.717) is 30.8 Å². The normalized spacial score (nSPS) is 18.4. The van der Waals surface area contributed by atoms with E-state index in [1.165, 1.54) is 5.56 Å². The highest BCUT2D eigenvalue weighted by Gasteiger charge is 2.24. The molecule has 23 heavy (non-hydrogen) atoms. The van der Waals surface area contributed by atoms with Gasteiger partial charge in [0.05, 0.1) is 6.54 Å². The van der Waals surface area contributed by atoms with Gasteiger partial charge in [-0.1, -0.05) is 5.16 Å². The van der Waals surface area contributed by atoms with Crippen molar-refractivity contribution in [3.8, 4) is 0 Å². The SMILES string of the molecule is COCc1noc(CN2CCC(CNc3cc(C)ccn3)C2)n1. The van der Waals surface area contributed by atoms with Crippen molar-refractivity contribution < 1.29 is 9.26 Å². The summed E-state index contributed by atoms with van der Waals surface area (Å²) in [6.07, 6.45) is 3.00. The third kappa shape index (κ3) is 4.49. The van der Waals surface area contributed by atoms with Crippen LogP contribution in [0.4, 0.5) is 5.82 Å². The van der Waals surface area contributed by atoms with E-state index in [2.05, 4.69) is 38.3 Å². The van der Waals surface area contributed by atoms with Gasteiger partial charge in [0.1, 0.15) is 12.4 Å². The molecule has 1 saturated heterocycles. The first-order valence-corrected chi connectivity index (χ1v) is 7.92. The van der Waals surface area contributed by atoms with Gasteiger partial charge in [-0.3, -0.25) is 4.90 Å². The smallest absolute Gasteiger partial charge is 0.240 e. The van der Waals surface area contributed by atoms with Gasteiger partial charge in [0.2, 0.25) is 5.89 Å². The molecule has 3 heterocycles. The Bertz CT molecular complexity index is 630. The zero-order valence-corrected chi connectivity index (χ0v) is 13.7. The van der Waals surface area contributed by atoms with Crippen molar-refractivity contribution >= 4 is 5.82 Å². The van der Waals surface area contributed by atoms with Crippen molar-refractivity contribution in [1.82, 2.24) is 20.0 Å². The number of anilines is 1. The van der Waals surface area contributed by atoms with E-state index in [0.717, 1.165) is 31.9 Å². The van der Waals surface area contributed by atoms with Crippen LogP contribution in [0.15, 0.2) is 22.9 Å². The summed E-state index contributed by atoms with van der Waals surface area (Å²) in [4.78, 5) is 11.0. The van der Waals surface area contributed by atoms with E-state index >= 15 is 0 Å². The van der Waals surface area contributed by atoms with Crippen LogP contribution in [0.3, 0.4) is 0 Å². The van der Waals surface area contributed by atoms with Gasteiger partial charge >= 0.3 is 0 Å². The van der Waals surface area contributed by atoms with Crippen LogP contribution in [0.25, 0.3) is 0 Å². The molecular formula is C16H23N5O2. The zero-order chi connectivity index (χ0) is 16.1. The molecule has 0 radical (unpaired) electrons. The van der Waals surface area contributed by atoms with Gasteiger partial charge in [-0.2, -0.15) is 4.98 Å². The van der Waals surface area contributed by atoms with Crippen LogP contribution >= 0.6 is 0 Å². The molecule has 2 aromatic heterocycles. The van der Waals surface area contributed by atoms with Crippen molar-refractivity contribution in [3.63, 3.8) is 0 Å². The fourth-order valence-corrected chi connectivity index (χ4v) is 2.84. The van der Waals surface area contributed by atoms with E-state index in [4.69, 9.17) is 9.26 Å². The summed E-state index contributed by atoms with van der Waals surface area (Å²) in [6, 6.07) is 4.08. The fraction of sp³-hybridized carbons (Fsp3) is 0.562. The van der Waals surface area contributed by atoms with Crippen molar-refractivity contribution in [3.05, 3.63) is 35.6 Å². The molecule has 0 aliphatic carbocycles. The molecule has 1 atom stereocenters. The molecule has 0 saturated carbocycles. The number of nitrogens with one attached hydrogen (secondary N) is 1. The summed E-state index contributed by atoms with van der Waals surface area (Å²) >= 11 is 0. The average molecular weight is 317 g/mol. The van der Waals surface area contributed by atoms with Gasteiger partial charge in [0, 0.05) is 26.4 Å². The summed E-state index contributed by atoms with van der Waals surface area (Å²) in [6.45, 7) is 6.18. The molecule has 1 aliphatic rings. The first-order chi connectivity index (χ1) is 11.2. The minimum Gasteiger partial charge on any atom is -0.377 e. The molecular weight excluding hydrogens is 294 g/mol. The topological polar surface area (TPSA) is 76.3 Å². The van der Waals surface area contributed by atoms with E-state index in [1.54, 1.807) is 7.11 Å². The standard InChI is InChI=1S/C16H23N5O2/c1-12-3-5-17-14(7-12)18-8-13-4-6-21(9-13)10-16-19-15(11-22-2)20-23-16/h3,5,7,13H,4,6,8-11H2,1-2H3,(H,17,18). The molecule has 7 heteroatoms. The van der Waals surface area contributed by atoms with Gasteiger partial charge in [-0.15, -0.1) is 0 Å². The second-order valence-electron chi connectivity index (χ2n) is 6.03. The molecule has 0 amide bonds. The van der Waals surface area contributed by atoms with E-state index in [1.807, 2.05) is 12.3 Å².